The molecule has 6 nitrogen and oxygen atoms in total. The standard InChI is InChI=1S/C32H36N2O4/c1-4-22(5-2)19-33-31(35)24-15-16-28-26(12-11-23-9-7-6-8-10-23)20-34(29(28)17-24)21-27-14-13-25(32(36)37)18-30(27)38-3/h6-10,13-18,20,22H,4-5,11-12,19,21H2,1-3H3,(H,33,35)(H,36,37). The molecule has 1 aromatic heterocycles. The Morgan fingerprint density at radius 1 is 0.921 bits per heavy atom. The van der Waals surface area contributed by atoms with Crippen molar-refractivity contribution in [3.8, 4) is 5.75 Å². The summed E-state index contributed by atoms with van der Waals surface area (Å²) < 4.78 is 7.66. The zero-order valence-electron chi connectivity index (χ0n) is 22.4. The summed E-state index contributed by atoms with van der Waals surface area (Å²) >= 11 is 0. The SMILES string of the molecule is CCC(CC)CNC(=O)c1ccc2c(CCc3ccccc3)cn(Cc3ccc(C(=O)O)cc3OC)c2c1. The number of aryl methyl sites for hydroxylation is 2. The van der Waals surface area contributed by atoms with E-state index in [2.05, 4.69) is 54.2 Å². The minimum absolute atomic E-state index is 0.0687. The fourth-order valence-corrected chi connectivity index (χ4v) is 4.87. The van der Waals surface area contributed by atoms with Crippen molar-refractivity contribution in [1.29, 1.82) is 0 Å². The average molecular weight is 513 g/mol. The molecule has 6 heteroatoms. The Hall–Kier alpha value is -4.06. The van der Waals surface area contributed by atoms with Crippen LogP contribution in [-0.4, -0.2) is 35.2 Å². The zero-order valence-corrected chi connectivity index (χ0v) is 22.4. The molecule has 0 aliphatic heterocycles. The third-order valence-corrected chi connectivity index (χ3v) is 7.33. The second-order valence-corrected chi connectivity index (χ2v) is 9.72. The van der Waals surface area contributed by atoms with E-state index in [0.717, 1.165) is 42.1 Å². The molecule has 4 aromatic rings. The minimum atomic E-state index is -0.992. The van der Waals surface area contributed by atoms with Gasteiger partial charge in [-0.3, -0.25) is 4.79 Å². The van der Waals surface area contributed by atoms with Gasteiger partial charge in [-0.1, -0.05) is 69.2 Å². The molecule has 4 rings (SSSR count). The van der Waals surface area contributed by atoms with Crippen LogP contribution < -0.4 is 10.1 Å². The van der Waals surface area contributed by atoms with Gasteiger partial charge in [-0.2, -0.15) is 0 Å². The van der Waals surface area contributed by atoms with Gasteiger partial charge in [0.2, 0.25) is 0 Å². The Morgan fingerprint density at radius 2 is 1.66 bits per heavy atom. The number of rotatable bonds is 12. The van der Waals surface area contributed by atoms with Gasteiger partial charge in [0.1, 0.15) is 5.75 Å². The van der Waals surface area contributed by atoms with Crippen LogP contribution in [0.2, 0.25) is 0 Å². The van der Waals surface area contributed by atoms with E-state index in [4.69, 9.17) is 4.74 Å². The second-order valence-electron chi connectivity index (χ2n) is 9.72. The number of aromatic nitrogens is 1. The molecule has 2 N–H and O–H groups in total. The summed E-state index contributed by atoms with van der Waals surface area (Å²) in [6, 6.07) is 21.3. The number of methoxy groups -OCH3 is 1. The molecule has 0 unspecified atom stereocenters. The maximum Gasteiger partial charge on any atom is 0.335 e. The quantitative estimate of drug-likeness (QED) is 0.232. The number of nitrogens with one attached hydrogen (secondary N) is 1. The van der Waals surface area contributed by atoms with Crippen LogP contribution in [0.3, 0.4) is 0 Å². The molecule has 0 aliphatic rings. The summed E-state index contributed by atoms with van der Waals surface area (Å²) in [5.74, 6) is -0.0664. The number of aromatic carboxylic acids is 1. The first kappa shape index (κ1) is 27.0. The lowest BCUT2D eigenvalue weighted by atomic mass is 10.0. The molecule has 0 bridgehead atoms. The lowest BCUT2D eigenvalue weighted by Crippen LogP contribution is -2.28. The summed E-state index contributed by atoms with van der Waals surface area (Å²) in [4.78, 5) is 24.5. The van der Waals surface area contributed by atoms with Crippen LogP contribution in [0.4, 0.5) is 0 Å². The lowest BCUT2D eigenvalue weighted by molar-refractivity contribution is 0.0696. The molecule has 0 saturated heterocycles. The van der Waals surface area contributed by atoms with E-state index in [9.17, 15) is 14.7 Å². The highest BCUT2D eigenvalue weighted by Gasteiger charge is 2.16. The largest absolute Gasteiger partial charge is 0.496 e. The van der Waals surface area contributed by atoms with Gasteiger partial charge in [0, 0.05) is 34.8 Å². The van der Waals surface area contributed by atoms with Crippen molar-refractivity contribution in [2.75, 3.05) is 13.7 Å². The predicted octanol–water partition coefficient (Wildman–Crippen LogP) is 6.35. The van der Waals surface area contributed by atoms with Crippen LogP contribution in [0, 0.1) is 5.92 Å². The summed E-state index contributed by atoms with van der Waals surface area (Å²) in [6.07, 6.45) is 5.99. The van der Waals surface area contributed by atoms with Gasteiger partial charge < -0.3 is 19.7 Å². The van der Waals surface area contributed by atoms with E-state index in [1.807, 2.05) is 24.3 Å². The van der Waals surface area contributed by atoms with E-state index in [0.29, 0.717) is 30.3 Å². The smallest absolute Gasteiger partial charge is 0.335 e. The topological polar surface area (TPSA) is 80.6 Å². The van der Waals surface area contributed by atoms with Gasteiger partial charge >= 0.3 is 5.97 Å². The van der Waals surface area contributed by atoms with E-state index in [1.165, 1.54) is 11.1 Å². The van der Waals surface area contributed by atoms with E-state index in [1.54, 1.807) is 25.3 Å². The van der Waals surface area contributed by atoms with E-state index >= 15 is 0 Å². The number of benzene rings is 3. The van der Waals surface area contributed by atoms with Gasteiger partial charge in [0.05, 0.1) is 19.2 Å². The van der Waals surface area contributed by atoms with Crippen molar-refractivity contribution >= 4 is 22.8 Å². The average Bonchev–Trinajstić information content (AvgIpc) is 3.29. The number of ether oxygens (including phenoxy) is 1. The van der Waals surface area contributed by atoms with Crippen LogP contribution in [0.25, 0.3) is 10.9 Å². The molecule has 0 fully saturated rings. The molecule has 198 valence electrons. The summed E-state index contributed by atoms with van der Waals surface area (Å²) in [5.41, 5.74) is 5.12. The molecule has 0 aliphatic carbocycles. The van der Waals surface area contributed by atoms with Crippen LogP contribution in [0.5, 0.6) is 5.75 Å². The number of carboxylic acids is 1. The normalized spacial score (nSPS) is 11.2. The maximum absolute atomic E-state index is 13.0. The van der Waals surface area contributed by atoms with Gasteiger partial charge in [0.15, 0.2) is 0 Å². The lowest BCUT2D eigenvalue weighted by Gasteiger charge is -2.14. The van der Waals surface area contributed by atoms with Crippen molar-refractivity contribution in [3.63, 3.8) is 0 Å². The Morgan fingerprint density at radius 3 is 2.34 bits per heavy atom. The number of hydrogen-bond donors (Lipinski definition) is 2. The Kier molecular flexibility index (Phi) is 8.85. The third-order valence-electron chi connectivity index (χ3n) is 7.33. The van der Waals surface area contributed by atoms with E-state index in [-0.39, 0.29) is 11.5 Å². The monoisotopic (exact) mass is 512 g/mol. The fraction of sp³-hybridized carbons (Fsp3) is 0.312. The summed E-state index contributed by atoms with van der Waals surface area (Å²) in [6.45, 7) is 5.45. The molecule has 1 heterocycles. The number of amides is 1. The molecular formula is C32H36N2O4. The second kappa shape index (κ2) is 12.5. The van der Waals surface area contributed by atoms with Crippen molar-refractivity contribution < 1.29 is 19.4 Å². The van der Waals surface area contributed by atoms with E-state index < -0.39 is 5.97 Å². The minimum Gasteiger partial charge on any atom is -0.496 e. The molecule has 0 spiro atoms. The number of carbonyl (C=O) groups is 2. The molecule has 0 radical (unpaired) electrons. The number of fused-ring (bicyclic) bond motifs is 1. The van der Waals surface area contributed by atoms with Crippen molar-refractivity contribution in [2.24, 2.45) is 5.92 Å². The van der Waals surface area contributed by atoms with Crippen molar-refractivity contribution in [3.05, 3.63) is 101 Å². The summed E-state index contributed by atoms with van der Waals surface area (Å²) in [5, 5.41) is 13.6. The maximum atomic E-state index is 13.0. The Balaban J connectivity index is 1.68. The predicted molar refractivity (Wildman–Crippen MR) is 151 cm³/mol. The molecule has 1 amide bonds. The summed E-state index contributed by atoms with van der Waals surface area (Å²) in [7, 11) is 1.55. The first-order valence-corrected chi connectivity index (χ1v) is 13.3. The first-order chi connectivity index (χ1) is 18.4. The zero-order chi connectivity index (χ0) is 27.1. The Labute approximate surface area is 224 Å². The highest BCUT2D eigenvalue weighted by molar-refractivity contribution is 5.98. The van der Waals surface area contributed by atoms with Crippen molar-refractivity contribution in [2.45, 2.75) is 46.1 Å². The molecule has 3 aromatic carbocycles. The van der Waals surface area contributed by atoms with Crippen molar-refractivity contribution in [1.82, 2.24) is 9.88 Å². The van der Waals surface area contributed by atoms with Gasteiger partial charge in [-0.25, -0.2) is 4.79 Å². The molecule has 38 heavy (non-hydrogen) atoms. The van der Waals surface area contributed by atoms with Crippen LogP contribution in [0.15, 0.2) is 72.9 Å². The van der Waals surface area contributed by atoms with Crippen LogP contribution in [-0.2, 0) is 19.4 Å². The molecule has 0 atom stereocenters. The van der Waals surface area contributed by atoms with Gasteiger partial charge in [-0.05, 0) is 54.2 Å². The highest BCUT2D eigenvalue weighted by Crippen LogP contribution is 2.28. The third kappa shape index (κ3) is 6.25. The Bertz CT molecular complexity index is 1400. The van der Waals surface area contributed by atoms with Crippen LogP contribution in [0.1, 0.15) is 64.1 Å². The fourth-order valence-electron chi connectivity index (χ4n) is 4.87. The van der Waals surface area contributed by atoms with Gasteiger partial charge in [-0.15, -0.1) is 0 Å². The number of carbonyl (C=O) groups excluding carboxylic acids is 1. The number of hydrogen-bond acceptors (Lipinski definition) is 3. The van der Waals surface area contributed by atoms with Gasteiger partial charge in [0.25, 0.3) is 5.91 Å². The number of nitrogens with zero attached hydrogens (tertiary/aromatic N) is 1. The van der Waals surface area contributed by atoms with Crippen LogP contribution >= 0.6 is 0 Å². The molecular weight excluding hydrogens is 476 g/mol. The highest BCUT2D eigenvalue weighted by atomic mass is 16.5. The first-order valence-electron chi connectivity index (χ1n) is 13.3. The molecule has 0 saturated carbocycles. The number of carboxylic acid groups (broad SMARTS) is 1.